The van der Waals surface area contributed by atoms with Gasteiger partial charge in [-0.25, -0.2) is 0 Å². The Hall–Kier alpha value is -1.83. The van der Waals surface area contributed by atoms with E-state index in [2.05, 4.69) is 5.32 Å². The van der Waals surface area contributed by atoms with Gasteiger partial charge < -0.3 is 10.1 Å². The summed E-state index contributed by atoms with van der Waals surface area (Å²) in [6.07, 6.45) is 0.634. The number of nitro groups is 2. The number of nitrogens with zero attached hydrogens (tertiary/aromatic N) is 2. The average molecular weight is 236 g/mol. The fraction of sp³-hybridized carbons (Fsp3) is 0.333. The molecular formula is C6H6ClN3O5. The van der Waals surface area contributed by atoms with E-state index in [4.69, 9.17) is 16.3 Å². The smallest absolute Gasteiger partial charge is 0.344 e. The highest BCUT2D eigenvalue weighted by atomic mass is 35.5. The lowest BCUT2D eigenvalue weighted by Gasteiger charge is -1.97. The molecule has 1 rings (SSSR count). The van der Waals surface area contributed by atoms with Crippen molar-refractivity contribution >= 4 is 11.6 Å². The van der Waals surface area contributed by atoms with Gasteiger partial charge in [0.15, 0.2) is 0 Å². The van der Waals surface area contributed by atoms with Gasteiger partial charge in [-0.1, -0.05) is 0 Å². The minimum Gasteiger partial charge on any atom is -0.472 e. The summed E-state index contributed by atoms with van der Waals surface area (Å²) in [5, 5.41) is 22.4. The van der Waals surface area contributed by atoms with Crippen LogP contribution in [0.15, 0.2) is 22.8 Å². The quantitative estimate of drug-likeness (QED) is 0.431. The summed E-state index contributed by atoms with van der Waals surface area (Å²) in [5.74, 6) is -0.111. The molecule has 0 aromatic carbocycles. The van der Waals surface area contributed by atoms with E-state index in [9.17, 15) is 20.2 Å². The van der Waals surface area contributed by atoms with Crippen molar-refractivity contribution < 1.29 is 14.6 Å². The van der Waals surface area contributed by atoms with Crippen LogP contribution in [-0.2, 0) is 4.74 Å². The molecule has 0 unspecified atom stereocenters. The number of rotatable bonds is 3. The third-order valence-electron chi connectivity index (χ3n) is 1.49. The monoisotopic (exact) mass is 235 g/mol. The number of ether oxygens (including phenoxy) is 1. The van der Waals surface area contributed by atoms with Gasteiger partial charge in [-0.15, -0.1) is 0 Å². The highest BCUT2D eigenvalue weighted by Crippen LogP contribution is 2.14. The molecule has 1 N–H and O–H groups in total. The molecule has 1 aliphatic rings. The predicted octanol–water partition coefficient (Wildman–Crippen LogP) is 0.409. The van der Waals surface area contributed by atoms with Gasteiger partial charge in [0, 0.05) is 0 Å². The summed E-state index contributed by atoms with van der Waals surface area (Å²) < 4.78 is 4.86. The molecule has 9 heteroatoms. The average Bonchev–Trinajstić information content (AvgIpc) is 2.65. The number of nitrogens with one attached hydrogen (secondary N) is 1. The number of halogens is 1. The van der Waals surface area contributed by atoms with Crippen LogP contribution in [-0.4, -0.2) is 23.0 Å². The van der Waals surface area contributed by atoms with Crippen LogP contribution in [0.1, 0.15) is 0 Å². The van der Waals surface area contributed by atoms with E-state index < -0.39 is 20.7 Å². The third kappa shape index (κ3) is 2.81. The first-order chi connectivity index (χ1) is 7.02. The summed E-state index contributed by atoms with van der Waals surface area (Å²) in [5.41, 5.74) is -0.561. The Labute approximate surface area is 88.5 Å². The van der Waals surface area contributed by atoms with E-state index in [1.165, 1.54) is 0 Å². The van der Waals surface area contributed by atoms with Crippen LogP contribution in [0.5, 0.6) is 0 Å². The van der Waals surface area contributed by atoms with Gasteiger partial charge in [-0.05, 0) is 11.6 Å². The van der Waals surface area contributed by atoms with Crippen LogP contribution in [0, 0.1) is 20.2 Å². The summed E-state index contributed by atoms with van der Waals surface area (Å²) in [6, 6.07) is 0. The highest BCUT2D eigenvalue weighted by Gasteiger charge is 2.24. The Morgan fingerprint density at radius 1 is 1.47 bits per heavy atom. The normalized spacial score (nSPS) is 19.1. The van der Waals surface area contributed by atoms with E-state index in [0.717, 1.165) is 0 Å². The Kier molecular flexibility index (Phi) is 3.45. The van der Waals surface area contributed by atoms with Crippen LogP contribution in [0.4, 0.5) is 0 Å². The highest BCUT2D eigenvalue weighted by molar-refractivity contribution is 6.28. The molecule has 1 heterocycles. The maximum Gasteiger partial charge on any atom is 0.344 e. The lowest BCUT2D eigenvalue weighted by molar-refractivity contribution is -0.429. The Bertz CT molecular complexity index is 356. The van der Waals surface area contributed by atoms with E-state index in [0.29, 0.717) is 12.6 Å². The Morgan fingerprint density at radius 3 is 2.53 bits per heavy atom. The number of hydrogen-bond donors (Lipinski definition) is 1. The molecular weight excluding hydrogens is 230 g/mol. The van der Waals surface area contributed by atoms with E-state index in [-0.39, 0.29) is 12.5 Å². The topological polar surface area (TPSA) is 108 Å². The van der Waals surface area contributed by atoms with E-state index >= 15 is 0 Å². The summed E-state index contributed by atoms with van der Waals surface area (Å²) >= 11 is 5.17. The molecule has 0 amide bonds. The van der Waals surface area contributed by atoms with E-state index in [1.54, 1.807) is 0 Å². The van der Waals surface area contributed by atoms with Gasteiger partial charge in [0.05, 0.1) is 16.4 Å². The Balaban J connectivity index is 3.04. The molecule has 0 spiro atoms. The molecule has 0 aliphatic carbocycles. The lowest BCUT2D eigenvalue weighted by atomic mass is 10.4. The van der Waals surface area contributed by atoms with Crippen molar-refractivity contribution in [2.45, 2.75) is 0 Å². The zero-order chi connectivity index (χ0) is 11.4. The van der Waals surface area contributed by atoms with E-state index in [1.807, 2.05) is 0 Å². The van der Waals surface area contributed by atoms with Crippen molar-refractivity contribution in [1.82, 2.24) is 5.32 Å². The maximum atomic E-state index is 10.5. The summed E-state index contributed by atoms with van der Waals surface area (Å²) in [7, 11) is 0. The maximum absolute atomic E-state index is 10.5. The molecule has 0 aromatic heterocycles. The van der Waals surface area contributed by atoms with Gasteiger partial charge >= 0.3 is 10.9 Å². The van der Waals surface area contributed by atoms with Crippen LogP contribution in [0.3, 0.4) is 0 Å². The second-order valence-electron chi connectivity index (χ2n) is 2.47. The van der Waals surface area contributed by atoms with Crippen molar-refractivity contribution in [3.63, 3.8) is 0 Å². The van der Waals surface area contributed by atoms with Crippen LogP contribution in [0.2, 0.25) is 0 Å². The van der Waals surface area contributed by atoms with Gasteiger partial charge in [0.2, 0.25) is 0 Å². The standard InChI is InChI=1S/C6H6ClN3O5/c7-5(10(13)14)3-4(9(11)12)6-8-1-2-15-6/h3,8H,1-2H2/b5-3+,6-4-. The largest absolute Gasteiger partial charge is 0.472 e. The molecule has 0 bridgehead atoms. The molecule has 15 heavy (non-hydrogen) atoms. The molecule has 0 atom stereocenters. The molecule has 1 fully saturated rings. The van der Waals surface area contributed by atoms with Crippen molar-refractivity contribution in [2.24, 2.45) is 0 Å². The fourth-order valence-electron chi connectivity index (χ4n) is 0.900. The predicted molar refractivity (Wildman–Crippen MR) is 48.9 cm³/mol. The SMILES string of the molecule is O=[N+]([O-])/C(Cl)=C/C(=C1\NCCO1)[N+](=O)[O-]. The second kappa shape index (κ2) is 4.60. The molecule has 0 saturated carbocycles. The molecule has 1 saturated heterocycles. The minimum absolute atomic E-state index is 0.111. The Morgan fingerprint density at radius 2 is 2.13 bits per heavy atom. The first kappa shape index (κ1) is 11.2. The van der Waals surface area contributed by atoms with Crippen molar-refractivity contribution in [3.8, 4) is 0 Å². The van der Waals surface area contributed by atoms with Gasteiger partial charge in [-0.2, -0.15) is 0 Å². The van der Waals surface area contributed by atoms with Crippen molar-refractivity contribution in [2.75, 3.05) is 13.2 Å². The molecule has 82 valence electrons. The van der Waals surface area contributed by atoms with Crippen molar-refractivity contribution in [1.29, 1.82) is 0 Å². The second-order valence-corrected chi connectivity index (χ2v) is 2.86. The van der Waals surface area contributed by atoms with Crippen LogP contribution >= 0.6 is 11.6 Å². The van der Waals surface area contributed by atoms with Crippen molar-refractivity contribution in [3.05, 3.63) is 43.0 Å². The summed E-state index contributed by atoms with van der Waals surface area (Å²) in [4.78, 5) is 19.0. The number of allylic oxidation sites excluding steroid dienone is 1. The van der Waals surface area contributed by atoms with Crippen LogP contribution < -0.4 is 5.32 Å². The lowest BCUT2D eigenvalue weighted by Crippen LogP contribution is -2.12. The molecule has 1 aliphatic heterocycles. The zero-order valence-electron chi connectivity index (χ0n) is 7.31. The fourth-order valence-corrected chi connectivity index (χ4v) is 1.00. The minimum atomic E-state index is -0.930. The first-order valence-corrected chi connectivity index (χ1v) is 4.17. The number of hydrogen-bond acceptors (Lipinski definition) is 6. The molecule has 0 aromatic rings. The third-order valence-corrected chi connectivity index (χ3v) is 1.74. The zero-order valence-corrected chi connectivity index (χ0v) is 8.06. The molecule has 0 radical (unpaired) electrons. The van der Waals surface area contributed by atoms with Crippen LogP contribution in [0.25, 0.3) is 0 Å². The summed E-state index contributed by atoms with van der Waals surface area (Å²) in [6.45, 7) is 0.688. The molecule has 8 nitrogen and oxygen atoms in total. The van der Waals surface area contributed by atoms with Gasteiger partial charge in [0.1, 0.15) is 12.7 Å². The first-order valence-electron chi connectivity index (χ1n) is 3.79. The van der Waals surface area contributed by atoms with Gasteiger partial charge in [0.25, 0.3) is 5.88 Å². The van der Waals surface area contributed by atoms with Gasteiger partial charge in [-0.3, -0.25) is 20.2 Å².